The van der Waals surface area contributed by atoms with Gasteiger partial charge >= 0.3 is 6.18 Å². The summed E-state index contributed by atoms with van der Waals surface area (Å²) >= 11 is 7.01. The molecule has 3 aromatic rings. The lowest BCUT2D eigenvalue weighted by atomic mass is 9.98. The van der Waals surface area contributed by atoms with Crippen molar-refractivity contribution in [1.29, 1.82) is 0 Å². The van der Waals surface area contributed by atoms with E-state index in [1.807, 2.05) is 6.92 Å². The zero-order valence-corrected chi connectivity index (χ0v) is 24.9. The van der Waals surface area contributed by atoms with Crippen molar-refractivity contribution < 1.29 is 26.4 Å². The van der Waals surface area contributed by atoms with Gasteiger partial charge in [0.1, 0.15) is 17.3 Å². The molecule has 5 rings (SSSR count). The average molecular weight is 633 g/mol. The van der Waals surface area contributed by atoms with Gasteiger partial charge in [-0.15, -0.1) is 0 Å². The first-order valence-electron chi connectivity index (χ1n) is 13.6. The van der Waals surface area contributed by atoms with Gasteiger partial charge < -0.3 is 9.32 Å². The third-order valence-electron chi connectivity index (χ3n) is 7.42. The van der Waals surface area contributed by atoms with Crippen LogP contribution in [-0.4, -0.2) is 43.9 Å². The molecular weight excluding hydrogens is 603 g/mol. The minimum Gasteiger partial charge on any atom is -0.457 e. The van der Waals surface area contributed by atoms with Crippen LogP contribution in [0.4, 0.5) is 22.0 Å². The Hall–Kier alpha value is -3.35. The van der Waals surface area contributed by atoms with Crippen molar-refractivity contribution >= 4 is 34.3 Å². The second kappa shape index (κ2) is 12.3. The number of thioether (sulfide) groups is 1. The maximum Gasteiger partial charge on any atom is 0.416 e. The first kappa shape index (κ1) is 31.1. The lowest BCUT2D eigenvalue weighted by Crippen LogP contribution is -2.23. The highest BCUT2D eigenvalue weighted by Gasteiger charge is 2.36. The first-order chi connectivity index (χ1) is 20.3. The zero-order valence-electron chi connectivity index (χ0n) is 23.3. The fourth-order valence-electron chi connectivity index (χ4n) is 5.06. The van der Waals surface area contributed by atoms with Gasteiger partial charge in [-0.2, -0.15) is 27.1 Å². The summed E-state index contributed by atoms with van der Waals surface area (Å²) in [7, 11) is 0. The van der Waals surface area contributed by atoms with Gasteiger partial charge in [0.15, 0.2) is 5.82 Å². The van der Waals surface area contributed by atoms with E-state index < -0.39 is 23.2 Å². The van der Waals surface area contributed by atoms with Gasteiger partial charge in [-0.25, -0.2) is 4.98 Å². The van der Waals surface area contributed by atoms with Gasteiger partial charge in [0.2, 0.25) is 0 Å². The molecule has 2 fully saturated rings. The smallest absolute Gasteiger partial charge is 0.416 e. The normalized spacial score (nSPS) is 21.1. The molecule has 0 amide bonds. The van der Waals surface area contributed by atoms with E-state index in [-0.39, 0.29) is 17.2 Å². The second-order valence-electron chi connectivity index (χ2n) is 10.6. The average Bonchev–Trinajstić information content (AvgIpc) is 3.75. The van der Waals surface area contributed by atoms with Crippen molar-refractivity contribution in [2.75, 3.05) is 19.6 Å². The van der Waals surface area contributed by atoms with Crippen molar-refractivity contribution in [3.8, 4) is 11.3 Å². The van der Waals surface area contributed by atoms with Crippen LogP contribution in [0.15, 0.2) is 76.6 Å². The van der Waals surface area contributed by atoms with Crippen LogP contribution in [0.25, 0.3) is 17.4 Å². The number of nitrogens with zero attached hydrogens (tertiary/aromatic N) is 3. The first-order valence-corrected chi connectivity index (χ1v) is 14.8. The number of likely N-dealkylation sites (tertiary alicyclic amines) is 1. The topological polar surface area (TPSA) is 58.0 Å². The minimum absolute atomic E-state index is 0.0238. The van der Waals surface area contributed by atoms with E-state index in [4.69, 9.17) is 16.6 Å². The third kappa shape index (κ3) is 7.25. The molecule has 1 aromatic carbocycles. The molecule has 2 saturated heterocycles. The Labute approximate surface area is 255 Å². The van der Waals surface area contributed by atoms with Crippen LogP contribution in [0.3, 0.4) is 0 Å². The van der Waals surface area contributed by atoms with Crippen LogP contribution in [-0.2, 0) is 18.5 Å². The van der Waals surface area contributed by atoms with Crippen LogP contribution >= 0.6 is 24.0 Å². The fourth-order valence-corrected chi connectivity index (χ4v) is 6.55. The molecule has 0 bridgehead atoms. The monoisotopic (exact) mass is 632 g/mol. The van der Waals surface area contributed by atoms with Gasteiger partial charge in [0.05, 0.1) is 9.76 Å². The Kier molecular flexibility index (Phi) is 8.92. The summed E-state index contributed by atoms with van der Waals surface area (Å²) in [6.07, 6.45) is 3.32. The maximum atomic E-state index is 14.3. The summed E-state index contributed by atoms with van der Waals surface area (Å²) in [4.78, 5) is 7.53. The second-order valence-corrected chi connectivity index (χ2v) is 12.4. The van der Waals surface area contributed by atoms with Crippen LogP contribution in [0.1, 0.15) is 35.0 Å². The quantitative estimate of drug-likeness (QED) is 0.145. The highest BCUT2D eigenvalue weighted by Crippen LogP contribution is 2.44. The highest BCUT2D eigenvalue weighted by molar-refractivity contribution is 8.26. The molecule has 12 heteroatoms. The van der Waals surface area contributed by atoms with E-state index in [0.717, 1.165) is 70.9 Å². The Balaban J connectivity index is 1.26. The standard InChI is InChI=1S/C31H29F5N4OS2/c1-4-30(32,33)22-13-21(14-23(15-22)31(34,35)36)26-8-6-24(41-26)16-27-18(2)25(29(42)43-27)7-5-20-9-11-40(17-20)12-10-28-37-19(3)38-39-28/h4-8,13-16,20,25H,1-2,9-12,17H2,3H3,(H,37,38,39)/b7-5+,27-16-. The van der Waals surface area contributed by atoms with Crippen molar-refractivity contribution in [2.45, 2.75) is 31.9 Å². The van der Waals surface area contributed by atoms with Gasteiger partial charge in [-0.05, 0) is 73.9 Å². The van der Waals surface area contributed by atoms with E-state index in [1.165, 1.54) is 17.8 Å². The molecule has 2 aromatic heterocycles. The lowest BCUT2D eigenvalue weighted by Gasteiger charge is -2.16. The summed E-state index contributed by atoms with van der Waals surface area (Å²) in [6, 6.07) is 5.21. The van der Waals surface area contributed by atoms with Gasteiger partial charge in [0.25, 0.3) is 5.92 Å². The van der Waals surface area contributed by atoms with Crippen LogP contribution in [0, 0.1) is 18.8 Å². The molecule has 2 aliphatic rings. The largest absolute Gasteiger partial charge is 0.457 e. The molecule has 4 heterocycles. The van der Waals surface area contributed by atoms with E-state index in [9.17, 15) is 22.0 Å². The van der Waals surface area contributed by atoms with Crippen LogP contribution < -0.4 is 0 Å². The number of H-pyrrole nitrogens is 1. The van der Waals surface area contributed by atoms with Crippen molar-refractivity contribution in [3.63, 3.8) is 0 Å². The number of hydrogen-bond donors (Lipinski definition) is 1. The number of hydrogen-bond acceptors (Lipinski definition) is 6. The van der Waals surface area contributed by atoms with E-state index >= 15 is 0 Å². The molecule has 5 nitrogen and oxygen atoms in total. The van der Waals surface area contributed by atoms with Crippen molar-refractivity contribution in [1.82, 2.24) is 20.1 Å². The summed E-state index contributed by atoms with van der Waals surface area (Å²) in [5.41, 5.74) is -1.34. The van der Waals surface area contributed by atoms with Crippen LogP contribution in [0.2, 0.25) is 0 Å². The third-order valence-corrected chi connectivity index (χ3v) is 8.98. The number of nitrogens with one attached hydrogen (secondary N) is 1. The molecule has 0 saturated carbocycles. The Bertz CT molecular complexity index is 1600. The van der Waals surface area contributed by atoms with Gasteiger partial charge in [-0.3, -0.25) is 5.10 Å². The van der Waals surface area contributed by atoms with E-state index in [2.05, 4.69) is 45.4 Å². The molecule has 0 spiro atoms. The predicted octanol–water partition coefficient (Wildman–Crippen LogP) is 8.38. The molecule has 2 aliphatic heterocycles. The number of benzene rings is 1. The molecular formula is C31H29F5N4OS2. The number of aromatic nitrogens is 3. The SMILES string of the molecule is C=CC(F)(F)c1cc(-c2ccc(/C=C3\SC(=S)C(/C=C/C4CCN(CCc5n[nH]c(C)n5)C4)C3=C)o2)cc(C(F)(F)F)c1. The number of furan rings is 1. The molecule has 2 atom stereocenters. The summed E-state index contributed by atoms with van der Waals surface area (Å²) in [6.45, 7) is 12.0. The summed E-state index contributed by atoms with van der Waals surface area (Å²) in [5.74, 6) is -1.40. The maximum absolute atomic E-state index is 14.3. The molecule has 0 radical (unpaired) electrons. The van der Waals surface area contributed by atoms with Gasteiger partial charge in [-0.1, -0.05) is 49.3 Å². The molecule has 226 valence electrons. The number of alkyl halides is 5. The van der Waals surface area contributed by atoms with Crippen molar-refractivity contribution in [2.24, 2.45) is 11.8 Å². The summed E-state index contributed by atoms with van der Waals surface area (Å²) in [5, 5.41) is 7.06. The number of halogens is 5. The minimum atomic E-state index is -4.82. The number of aromatic amines is 1. The molecule has 2 unspecified atom stereocenters. The Morgan fingerprint density at radius 2 is 1.93 bits per heavy atom. The number of rotatable bonds is 9. The van der Waals surface area contributed by atoms with Crippen LogP contribution in [0.5, 0.6) is 0 Å². The van der Waals surface area contributed by atoms with Gasteiger partial charge in [0, 0.05) is 41.5 Å². The van der Waals surface area contributed by atoms with Crippen molar-refractivity contribution in [3.05, 3.63) is 101 Å². The number of thiocarbonyl (C=S) groups is 1. The highest BCUT2D eigenvalue weighted by atomic mass is 32.2. The zero-order chi connectivity index (χ0) is 30.9. The van der Waals surface area contributed by atoms with E-state index in [1.54, 1.807) is 12.1 Å². The fraction of sp³-hybridized carbons (Fsp3) is 0.323. The predicted molar refractivity (Wildman–Crippen MR) is 163 cm³/mol. The number of aryl methyl sites for hydroxylation is 1. The lowest BCUT2D eigenvalue weighted by molar-refractivity contribution is -0.137. The van der Waals surface area contributed by atoms with E-state index in [0.29, 0.717) is 23.8 Å². The molecule has 43 heavy (non-hydrogen) atoms. The Morgan fingerprint density at radius 1 is 1.16 bits per heavy atom. The number of allylic oxidation sites excluding steroid dienone is 3. The summed E-state index contributed by atoms with van der Waals surface area (Å²) < 4.78 is 75.5. The molecule has 0 aliphatic carbocycles. The molecule has 1 N–H and O–H groups in total. The Morgan fingerprint density at radius 3 is 2.63 bits per heavy atom.